The predicted octanol–water partition coefficient (Wildman–Crippen LogP) is -0.345. The molecule has 0 rings (SSSR count). The van der Waals surface area contributed by atoms with E-state index in [9.17, 15) is 24.3 Å². The van der Waals surface area contributed by atoms with E-state index in [2.05, 4.69) is 20.9 Å². The average Bonchev–Trinajstić information content (AvgIpc) is 2.76. The van der Waals surface area contributed by atoms with Gasteiger partial charge in [0.15, 0.2) is 5.96 Å². The maximum absolute atomic E-state index is 13.1. The summed E-state index contributed by atoms with van der Waals surface area (Å²) >= 11 is 0. The molecular weight excluding hydrogens is 454 g/mol. The number of nitrogens with zero attached hydrogens (tertiary/aromatic N) is 1. The summed E-state index contributed by atoms with van der Waals surface area (Å²) < 4.78 is 0. The van der Waals surface area contributed by atoms with Crippen LogP contribution in [0, 0.1) is 17.8 Å². The number of carboxylic acids is 1. The van der Waals surface area contributed by atoms with Crippen LogP contribution in [-0.4, -0.2) is 65.5 Å². The summed E-state index contributed by atoms with van der Waals surface area (Å²) in [5, 5.41) is 17.4. The number of carbonyl (C=O) groups excluding carboxylic acids is 3. The van der Waals surface area contributed by atoms with Gasteiger partial charge in [-0.1, -0.05) is 48.0 Å². The Balaban J connectivity index is 5.36. The van der Waals surface area contributed by atoms with Gasteiger partial charge in [0.05, 0.1) is 6.04 Å². The van der Waals surface area contributed by atoms with Crippen LogP contribution in [0.25, 0.3) is 0 Å². The molecule has 0 aliphatic rings. The Morgan fingerprint density at radius 3 is 1.89 bits per heavy atom. The highest BCUT2D eigenvalue weighted by Crippen LogP contribution is 2.12. The largest absolute Gasteiger partial charge is 0.480 e. The second-order valence-corrected chi connectivity index (χ2v) is 9.69. The number of carbonyl (C=O) groups is 4. The Hall–Kier alpha value is -2.89. The van der Waals surface area contributed by atoms with Gasteiger partial charge in [-0.25, -0.2) is 4.79 Å². The van der Waals surface area contributed by atoms with E-state index >= 15 is 0 Å². The quantitative estimate of drug-likeness (QED) is 0.0844. The lowest BCUT2D eigenvalue weighted by Gasteiger charge is -2.29. The van der Waals surface area contributed by atoms with Gasteiger partial charge in [0.1, 0.15) is 18.1 Å². The molecule has 0 aromatic rings. The van der Waals surface area contributed by atoms with Crippen LogP contribution < -0.4 is 33.2 Å². The van der Waals surface area contributed by atoms with Crippen molar-refractivity contribution in [2.45, 2.75) is 91.4 Å². The molecule has 35 heavy (non-hydrogen) atoms. The number of hydrogen-bond donors (Lipinski definition) is 7. The summed E-state index contributed by atoms with van der Waals surface area (Å²) in [6.07, 6.45) is 1.63. The molecule has 0 aromatic heterocycles. The molecule has 202 valence electrons. The lowest BCUT2D eigenvalue weighted by molar-refractivity contribution is -0.143. The molecule has 0 saturated heterocycles. The smallest absolute Gasteiger partial charge is 0.326 e. The third-order valence-electron chi connectivity index (χ3n) is 5.67. The van der Waals surface area contributed by atoms with E-state index < -0.39 is 47.9 Å². The molecule has 10 N–H and O–H groups in total. The maximum atomic E-state index is 13.1. The molecule has 0 bridgehead atoms. The molecule has 12 nitrogen and oxygen atoms in total. The zero-order valence-corrected chi connectivity index (χ0v) is 21.8. The molecule has 0 fully saturated rings. The first-order valence-electron chi connectivity index (χ1n) is 12.2. The van der Waals surface area contributed by atoms with Gasteiger partial charge in [-0.15, -0.1) is 0 Å². The number of hydrogen-bond acceptors (Lipinski definition) is 6. The number of aliphatic carboxylic acids is 1. The normalized spacial score (nSPS) is 15.5. The van der Waals surface area contributed by atoms with Gasteiger partial charge in [0.2, 0.25) is 17.7 Å². The van der Waals surface area contributed by atoms with Crippen LogP contribution in [-0.2, 0) is 19.2 Å². The molecule has 0 aliphatic heterocycles. The Bertz CT molecular complexity index is 738. The number of guanidine groups is 1. The Labute approximate surface area is 208 Å². The molecule has 3 amide bonds. The fourth-order valence-electron chi connectivity index (χ4n) is 3.35. The summed E-state index contributed by atoms with van der Waals surface area (Å²) in [4.78, 5) is 54.1. The van der Waals surface area contributed by atoms with Crippen LogP contribution in [0.5, 0.6) is 0 Å². The molecular formula is C23H45N7O5. The topological polar surface area (TPSA) is 215 Å². The van der Waals surface area contributed by atoms with Crippen molar-refractivity contribution in [2.24, 2.45) is 39.9 Å². The molecule has 12 heteroatoms. The molecule has 0 heterocycles. The van der Waals surface area contributed by atoms with E-state index in [4.69, 9.17) is 17.2 Å². The first-order chi connectivity index (χ1) is 16.2. The van der Waals surface area contributed by atoms with E-state index in [-0.39, 0.29) is 30.1 Å². The van der Waals surface area contributed by atoms with Crippen molar-refractivity contribution in [3.05, 3.63) is 0 Å². The number of nitrogens with two attached hydrogens (primary N) is 3. The van der Waals surface area contributed by atoms with Gasteiger partial charge < -0.3 is 38.3 Å². The minimum atomic E-state index is -1.14. The molecule has 5 unspecified atom stereocenters. The summed E-state index contributed by atoms with van der Waals surface area (Å²) in [6, 6.07) is -3.83. The number of amides is 3. The number of rotatable bonds is 16. The Kier molecular flexibility index (Phi) is 14.6. The van der Waals surface area contributed by atoms with Crippen molar-refractivity contribution < 1.29 is 24.3 Å². The molecule has 0 spiro atoms. The van der Waals surface area contributed by atoms with Crippen molar-refractivity contribution in [2.75, 3.05) is 6.54 Å². The predicted molar refractivity (Wildman–Crippen MR) is 135 cm³/mol. The van der Waals surface area contributed by atoms with Gasteiger partial charge in [0.25, 0.3) is 0 Å². The second-order valence-electron chi connectivity index (χ2n) is 9.69. The van der Waals surface area contributed by atoms with Crippen LogP contribution in [0.1, 0.15) is 67.2 Å². The zero-order valence-electron chi connectivity index (χ0n) is 21.8. The van der Waals surface area contributed by atoms with Crippen LogP contribution in [0.4, 0.5) is 0 Å². The van der Waals surface area contributed by atoms with Crippen LogP contribution >= 0.6 is 0 Å². The number of nitrogens with one attached hydrogen (secondary N) is 3. The average molecular weight is 500 g/mol. The summed E-state index contributed by atoms with van der Waals surface area (Å²) in [7, 11) is 0. The highest BCUT2D eigenvalue weighted by molar-refractivity contribution is 5.94. The van der Waals surface area contributed by atoms with Crippen molar-refractivity contribution >= 4 is 29.7 Å². The lowest BCUT2D eigenvalue weighted by atomic mass is 9.95. The molecule has 0 radical (unpaired) electrons. The molecule has 0 aromatic carbocycles. The lowest BCUT2D eigenvalue weighted by Crippen LogP contribution is -2.59. The molecule has 5 atom stereocenters. The SMILES string of the molecule is CCC(C)C(NC(=O)C(NC(=O)C(N)CCCN=C(N)N)C(C)C)C(=O)NC(CC(C)C)C(=O)O. The number of carboxylic acid groups (broad SMARTS) is 1. The minimum absolute atomic E-state index is 0.0432. The first kappa shape index (κ1) is 32.1. The number of aliphatic imine (C=N–C) groups is 1. The van der Waals surface area contributed by atoms with Gasteiger partial charge >= 0.3 is 5.97 Å². The van der Waals surface area contributed by atoms with Crippen molar-refractivity contribution in [1.82, 2.24) is 16.0 Å². The van der Waals surface area contributed by atoms with E-state index in [0.29, 0.717) is 25.8 Å². The van der Waals surface area contributed by atoms with Crippen molar-refractivity contribution in [1.29, 1.82) is 0 Å². The molecule has 0 aliphatic carbocycles. The van der Waals surface area contributed by atoms with Crippen LogP contribution in [0.3, 0.4) is 0 Å². The standard InChI is InChI=1S/C23H45N7O5/c1-7-14(6)18(21(33)28-16(22(34)35)11-12(2)3)30-20(32)17(13(4)5)29-19(31)15(24)9-8-10-27-23(25)26/h12-18H,7-11,24H2,1-6H3,(H,28,33)(H,29,31)(H,30,32)(H,34,35)(H4,25,26,27). The Morgan fingerprint density at radius 1 is 0.886 bits per heavy atom. The van der Waals surface area contributed by atoms with Gasteiger partial charge in [-0.3, -0.25) is 19.4 Å². The zero-order chi connectivity index (χ0) is 27.3. The van der Waals surface area contributed by atoms with E-state index in [1.54, 1.807) is 20.8 Å². The third-order valence-corrected chi connectivity index (χ3v) is 5.67. The van der Waals surface area contributed by atoms with Crippen LogP contribution in [0.2, 0.25) is 0 Å². The van der Waals surface area contributed by atoms with Crippen molar-refractivity contribution in [3.8, 4) is 0 Å². The van der Waals surface area contributed by atoms with Gasteiger partial charge in [-0.2, -0.15) is 0 Å². The summed E-state index contributed by atoms with van der Waals surface area (Å²) in [5.41, 5.74) is 16.5. The summed E-state index contributed by atoms with van der Waals surface area (Å²) in [6.45, 7) is 11.2. The van der Waals surface area contributed by atoms with Gasteiger partial charge in [-0.05, 0) is 37.0 Å². The fourth-order valence-corrected chi connectivity index (χ4v) is 3.35. The fraction of sp³-hybridized carbons (Fsp3) is 0.783. The van der Waals surface area contributed by atoms with Crippen molar-refractivity contribution in [3.63, 3.8) is 0 Å². The minimum Gasteiger partial charge on any atom is -0.480 e. The highest BCUT2D eigenvalue weighted by Gasteiger charge is 2.33. The van der Waals surface area contributed by atoms with Crippen LogP contribution in [0.15, 0.2) is 4.99 Å². The maximum Gasteiger partial charge on any atom is 0.326 e. The summed E-state index contributed by atoms with van der Waals surface area (Å²) in [5.74, 6) is -3.31. The third kappa shape index (κ3) is 12.4. The van der Waals surface area contributed by atoms with E-state index in [1.165, 1.54) is 0 Å². The van der Waals surface area contributed by atoms with E-state index in [0.717, 1.165) is 0 Å². The monoisotopic (exact) mass is 499 g/mol. The van der Waals surface area contributed by atoms with E-state index in [1.807, 2.05) is 20.8 Å². The molecule has 0 saturated carbocycles. The van der Waals surface area contributed by atoms with Gasteiger partial charge in [0, 0.05) is 6.54 Å². The highest BCUT2D eigenvalue weighted by atomic mass is 16.4. The second kappa shape index (κ2) is 15.9. The first-order valence-corrected chi connectivity index (χ1v) is 12.2. The Morgan fingerprint density at radius 2 is 1.43 bits per heavy atom.